The lowest BCUT2D eigenvalue weighted by Gasteiger charge is -2.41. The summed E-state index contributed by atoms with van der Waals surface area (Å²) < 4.78 is 155. The van der Waals surface area contributed by atoms with Crippen molar-refractivity contribution < 1.29 is 67.5 Å². The maximum atomic E-state index is 12.9. The van der Waals surface area contributed by atoms with E-state index in [9.17, 15) is 62.9 Å². The van der Waals surface area contributed by atoms with Crippen LogP contribution in [0.4, 0.5) is 52.7 Å². The van der Waals surface area contributed by atoms with Gasteiger partial charge >= 0.3 is 24.7 Å². The molecule has 4 nitrogen and oxygen atoms in total. The Labute approximate surface area is 163 Å². The van der Waals surface area contributed by atoms with E-state index in [1.165, 1.54) is 0 Å². The molecule has 0 saturated heterocycles. The molecule has 0 amide bonds. The highest BCUT2D eigenvalue weighted by molar-refractivity contribution is 5.71. The minimum absolute atomic E-state index is 0.0382. The van der Waals surface area contributed by atoms with E-state index in [0.29, 0.717) is 0 Å². The summed E-state index contributed by atoms with van der Waals surface area (Å²) in [6, 6.07) is 3.59. The zero-order chi connectivity index (χ0) is 24.3. The van der Waals surface area contributed by atoms with Crippen LogP contribution >= 0.6 is 0 Å². The minimum Gasteiger partial charge on any atom is -0.833 e. The van der Waals surface area contributed by atoms with Crippen molar-refractivity contribution in [2.75, 3.05) is 0 Å². The topological polar surface area (TPSA) is 52.1 Å². The van der Waals surface area contributed by atoms with Crippen LogP contribution in [0.3, 0.4) is 0 Å². The Balaban J connectivity index is 2.67. The predicted octanol–water partition coefficient (Wildman–Crippen LogP) is 3.01. The lowest BCUT2D eigenvalue weighted by molar-refractivity contribution is -0.746. The van der Waals surface area contributed by atoms with E-state index >= 15 is 0 Å². The number of halogens is 12. The molecular formula is C15H10F12N2O2. The van der Waals surface area contributed by atoms with Gasteiger partial charge in [0, 0.05) is 0 Å². The predicted molar refractivity (Wildman–Crippen MR) is 74.0 cm³/mol. The monoisotopic (exact) mass is 478 g/mol. The van der Waals surface area contributed by atoms with Gasteiger partial charge in [0.25, 0.3) is 5.60 Å². The normalized spacial score (nSPS) is 15.0. The van der Waals surface area contributed by atoms with E-state index in [2.05, 4.69) is 0 Å². The van der Waals surface area contributed by atoms with Crippen LogP contribution in [0.2, 0.25) is 0 Å². The van der Waals surface area contributed by atoms with Crippen molar-refractivity contribution in [2.45, 2.75) is 49.0 Å². The van der Waals surface area contributed by atoms with Crippen LogP contribution in [0, 0.1) is 0 Å². The average molecular weight is 478 g/mol. The molecule has 2 rings (SSSR count). The lowest BCUT2D eigenvalue weighted by Crippen LogP contribution is -2.72. The first kappa shape index (κ1) is 25.0. The molecule has 0 unspecified atom stereocenters. The summed E-state index contributed by atoms with van der Waals surface area (Å²) in [6.07, 6.45) is -25.4. The molecule has 176 valence electrons. The van der Waals surface area contributed by atoms with Crippen molar-refractivity contribution >= 4 is 11.0 Å². The lowest BCUT2D eigenvalue weighted by atomic mass is 10.0. The van der Waals surface area contributed by atoms with E-state index in [-0.39, 0.29) is 15.5 Å². The highest BCUT2D eigenvalue weighted by atomic mass is 19.4. The molecule has 16 heteroatoms. The quantitative estimate of drug-likeness (QED) is 0.543. The molecule has 0 saturated carbocycles. The highest BCUT2D eigenvalue weighted by Crippen LogP contribution is 2.45. The van der Waals surface area contributed by atoms with Crippen LogP contribution in [0.15, 0.2) is 30.6 Å². The van der Waals surface area contributed by atoms with Gasteiger partial charge < -0.3 is 10.2 Å². The third-order valence-corrected chi connectivity index (χ3v) is 4.43. The van der Waals surface area contributed by atoms with Gasteiger partial charge in [-0.2, -0.15) is 52.7 Å². The second-order valence-electron chi connectivity index (χ2n) is 6.54. The first-order valence-corrected chi connectivity index (χ1v) is 7.83. The molecule has 0 spiro atoms. The van der Waals surface area contributed by atoms with E-state index in [4.69, 9.17) is 0 Å². The number of hydrogen-bond acceptors (Lipinski definition) is 2. The van der Waals surface area contributed by atoms with Gasteiger partial charge in [-0.1, -0.05) is 12.1 Å². The second-order valence-corrected chi connectivity index (χ2v) is 6.54. The maximum Gasteiger partial charge on any atom is 0.430 e. The summed E-state index contributed by atoms with van der Waals surface area (Å²) in [6.45, 7) is -4.79. The van der Waals surface area contributed by atoms with E-state index < -0.39 is 60.0 Å². The van der Waals surface area contributed by atoms with Crippen LogP contribution in [0.5, 0.6) is 0 Å². The molecule has 1 N–H and O–H groups in total. The fourth-order valence-electron chi connectivity index (χ4n) is 2.66. The van der Waals surface area contributed by atoms with Crippen LogP contribution in [0.1, 0.15) is 0 Å². The number of nitrogens with zero attached hydrogens (tertiary/aromatic N) is 2. The van der Waals surface area contributed by atoms with Crippen molar-refractivity contribution in [2.24, 2.45) is 0 Å². The first-order valence-electron chi connectivity index (χ1n) is 7.83. The molecule has 2 aromatic rings. The Morgan fingerprint density at radius 3 is 1.65 bits per heavy atom. The molecular weight excluding hydrogens is 468 g/mol. The second kappa shape index (κ2) is 7.15. The van der Waals surface area contributed by atoms with Crippen molar-refractivity contribution in [1.29, 1.82) is 0 Å². The molecule has 1 aromatic carbocycles. The zero-order valence-corrected chi connectivity index (χ0v) is 14.6. The molecule has 0 atom stereocenters. The first-order chi connectivity index (χ1) is 13.7. The third kappa shape index (κ3) is 4.14. The largest absolute Gasteiger partial charge is 0.833 e. The molecule has 0 bridgehead atoms. The molecule has 0 aliphatic heterocycles. The molecule has 0 aliphatic rings. The van der Waals surface area contributed by atoms with Crippen molar-refractivity contribution in [3.63, 3.8) is 0 Å². The Hall–Kier alpha value is -2.23. The van der Waals surface area contributed by atoms with Gasteiger partial charge in [-0.05, 0) is 12.1 Å². The summed E-state index contributed by atoms with van der Waals surface area (Å²) in [7, 11) is 0. The van der Waals surface area contributed by atoms with Crippen LogP contribution in [-0.2, 0) is 13.1 Å². The zero-order valence-electron chi connectivity index (χ0n) is 14.6. The minimum atomic E-state index is -6.40. The van der Waals surface area contributed by atoms with Crippen LogP contribution < -0.4 is 9.67 Å². The molecule has 0 aliphatic carbocycles. The number of aliphatic hydroxyl groups is 1. The standard InChI is InChI=1S/C15H10F12N2O2/c16-12(17,18)10(30,13(19,20)21)5-28-7-29(9-4-2-1-3-8(9)28)6-11(31,14(22,23)24)15(25,26)27/h1-4,7,30H,5-6H2. The molecule has 1 aromatic heterocycles. The highest BCUT2D eigenvalue weighted by Gasteiger charge is 2.72. The van der Waals surface area contributed by atoms with Gasteiger partial charge in [-0.15, -0.1) is 0 Å². The van der Waals surface area contributed by atoms with Crippen LogP contribution in [0.25, 0.3) is 11.0 Å². The Kier molecular flexibility index (Phi) is 5.77. The third-order valence-electron chi connectivity index (χ3n) is 4.43. The Bertz CT molecular complexity index is 837. The molecule has 31 heavy (non-hydrogen) atoms. The van der Waals surface area contributed by atoms with E-state index in [1.807, 2.05) is 0 Å². The van der Waals surface area contributed by atoms with Gasteiger partial charge in [-0.25, -0.2) is 9.13 Å². The maximum absolute atomic E-state index is 12.9. The molecule has 0 fully saturated rings. The summed E-state index contributed by atoms with van der Waals surface area (Å²) in [5, 5.41) is 21.0. The summed E-state index contributed by atoms with van der Waals surface area (Å²) in [4.78, 5) is 0. The van der Waals surface area contributed by atoms with Gasteiger partial charge in [-0.3, -0.25) is 0 Å². The Morgan fingerprint density at radius 2 is 1.23 bits per heavy atom. The number of para-hydroxylation sites is 2. The molecule has 1 heterocycles. The van der Waals surface area contributed by atoms with Gasteiger partial charge in [0.2, 0.25) is 6.33 Å². The number of benzene rings is 1. The fourth-order valence-corrected chi connectivity index (χ4v) is 2.66. The van der Waals surface area contributed by atoms with Crippen molar-refractivity contribution in [3.8, 4) is 0 Å². The van der Waals surface area contributed by atoms with Crippen LogP contribution in [-0.4, -0.2) is 45.6 Å². The van der Waals surface area contributed by atoms with E-state index in [0.717, 1.165) is 24.3 Å². The number of hydrogen-bond donors (Lipinski definition) is 1. The number of rotatable bonds is 4. The van der Waals surface area contributed by atoms with Gasteiger partial charge in [0.05, 0.1) is 6.54 Å². The number of alkyl halides is 12. The fraction of sp³-hybridized carbons (Fsp3) is 0.533. The SMILES string of the molecule is [O-]C(C[n+]1cn(CC(O)(C(F)(F)F)C(F)(F)F)c2ccccc21)(C(F)(F)F)C(F)(F)F. The van der Waals surface area contributed by atoms with Gasteiger partial charge in [0.1, 0.15) is 12.1 Å². The summed E-state index contributed by atoms with van der Waals surface area (Å²) in [5.74, 6) is 0. The Morgan fingerprint density at radius 1 is 0.774 bits per heavy atom. The van der Waals surface area contributed by atoms with Gasteiger partial charge in [0.15, 0.2) is 11.0 Å². The number of fused-ring (bicyclic) bond motifs is 1. The number of aromatic nitrogens is 2. The van der Waals surface area contributed by atoms with Crippen molar-refractivity contribution in [1.82, 2.24) is 4.57 Å². The van der Waals surface area contributed by atoms with Crippen molar-refractivity contribution in [3.05, 3.63) is 30.6 Å². The van der Waals surface area contributed by atoms with E-state index in [1.54, 1.807) is 0 Å². The summed E-state index contributed by atoms with van der Waals surface area (Å²) in [5.41, 5.74) is -12.4. The summed E-state index contributed by atoms with van der Waals surface area (Å²) >= 11 is 0. The number of imidazole rings is 1. The average Bonchev–Trinajstić information content (AvgIpc) is 2.88. The molecule has 0 radical (unpaired) electrons. The smallest absolute Gasteiger partial charge is 0.430 e.